The van der Waals surface area contributed by atoms with Crippen LogP contribution in [0.2, 0.25) is 0 Å². The molecule has 4 nitrogen and oxygen atoms in total. The van der Waals surface area contributed by atoms with Crippen molar-refractivity contribution in [3.63, 3.8) is 0 Å². The smallest absolute Gasteiger partial charge is 0.243 e. The van der Waals surface area contributed by atoms with E-state index in [1.165, 1.54) is 0 Å². The third-order valence-electron chi connectivity index (χ3n) is 2.12. The first-order chi connectivity index (χ1) is 7.70. The second-order valence-electron chi connectivity index (χ2n) is 3.34. The molecule has 1 N–H and O–H groups in total. The Balaban J connectivity index is 2.19. The summed E-state index contributed by atoms with van der Waals surface area (Å²) in [7, 11) is 0. The summed E-state index contributed by atoms with van der Waals surface area (Å²) < 4.78 is 6.27. The van der Waals surface area contributed by atoms with Gasteiger partial charge in [-0.1, -0.05) is 12.1 Å². The van der Waals surface area contributed by atoms with E-state index in [1.807, 2.05) is 26.0 Å². The van der Waals surface area contributed by atoms with E-state index in [0.29, 0.717) is 11.7 Å². The van der Waals surface area contributed by atoms with Crippen LogP contribution in [0.1, 0.15) is 25.8 Å². The summed E-state index contributed by atoms with van der Waals surface area (Å²) in [5.41, 5.74) is 0. The van der Waals surface area contributed by atoms with E-state index >= 15 is 0 Å². The van der Waals surface area contributed by atoms with Gasteiger partial charge in [-0.2, -0.15) is 4.98 Å². The topological polar surface area (TPSA) is 51.0 Å². The summed E-state index contributed by atoms with van der Waals surface area (Å²) in [6.45, 7) is 4.93. The Hall–Kier alpha value is -0.720. The van der Waals surface area contributed by atoms with Gasteiger partial charge in [0, 0.05) is 0 Å². The fourth-order valence-electron chi connectivity index (χ4n) is 1.34. The molecule has 2 aromatic rings. The molecule has 0 bridgehead atoms. The predicted molar refractivity (Wildman–Crippen MR) is 67.4 cm³/mol. The minimum Gasteiger partial charge on any atom is -0.337 e. The fourth-order valence-corrected chi connectivity index (χ4v) is 2.65. The molecule has 2 aromatic heterocycles. The van der Waals surface area contributed by atoms with Crippen molar-refractivity contribution in [1.29, 1.82) is 0 Å². The predicted octanol–water partition coefficient (Wildman–Crippen LogP) is 3.23. The SMILES string of the molecule is CCNC(C)c1nc(-c2ccc(Br)s2)no1. The van der Waals surface area contributed by atoms with Gasteiger partial charge in [-0.3, -0.25) is 0 Å². The van der Waals surface area contributed by atoms with Crippen LogP contribution >= 0.6 is 27.3 Å². The standard InChI is InChI=1S/C10H12BrN3OS/c1-3-12-6(2)10-13-9(14-15-10)7-4-5-8(11)16-7/h4-6,12H,3H2,1-2H3. The van der Waals surface area contributed by atoms with Gasteiger partial charge < -0.3 is 9.84 Å². The Morgan fingerprint density at radius 2 is 2.38 bits per heavy atom. The third-order valence-corrected chi connectivity index (χ3v) is 3.74. The summed E-state index contributed by atoms with van der Waals surface area (Å²) in [6, 6.07) is 4.04. The van der Waals surface area contributed by atoms with Crippen molar-refractivity contribution < 1.29 is 4.52 Å². The summed E-state index contributed by atoms with van der Waals surface area (Å²) in [6.07, 6.45) is 0. The van der Waals surface area contributed by atoms with Crippen molar-refractivity contribution in [3.05, 3.63) is 21.8 Å². The number of hydrogen-bond donors (Lipinski definition) is 1. The molecule has 2 heterocycles. The van der Waals surface area contributed by atoms with Gasteiger partial charge in [0.05, 0.1) is 14.7 Å². The molecule has 86 valence electrons. The normalized spacial score (nSPS) is 12.9. The van der Waals surface area contributed by atoms with Crippen molar-refractivity contribution in [3.8, 4) is 10.7 Å². The van der Waals surface area contributed by atoms with Gasteiger partial charge in [-0.05, 0) is 41.5 Å². The summed E-state index contributed by atoms with van der Waals surface area (Å²) in [5, 5.41) is 7.20. The van der Waals surface area contributed by atoms with Crippen LogP contribution in [0.5, 0.6) is 0 Å². The molecule has 0 aromatic carbocycles. The molecule has 2 rings (SSSR count). The number of nitrogens with zero attached hydrogens (tertiary/aromatic N) is 2. The average molecular weight is 302 g/mol. The zero-order valence-electron chi connectivity index (χ0n) is 9.03. The lowest BCUT2D eigenvalue weighted by Gasteiger charge is -2.04. The number of thiophene rings is 1. The number of halogens is 1. The molecule has 1 atom stereocenters. The minimum atomic E-state index is 0.0923. The van der Waals surface area contributed by atoms with E-state index in [2.05, 4.69) is 31.4 Å². The van der Waals surface area contributed by atoms with Crippen LogP contribution < -0.4 is 5.32 Å². The molecule has 1 unspecified atom stereocenters. The van der Waals surface area contributed by atoms with E-state index < -0.39 is 0 Å². The highest BCUT2D eigenvalue weighted by Crippen LogP contribution is 2.29. The Bertz CT molecular complexity index is 468. The van der Waals surface area contributed by atoms with Crippen molar-refractivity contribution in [2.75, 3.05) is 6.54 Å². The van der Waals surface area contributed by atoms with Gasteiger partial charge in [0.25, 0.3) is 0 Å². The molecule has 0 aliphatic carbocycles. The lowest BCUT2D eigenvalue weighted by Crippen LogP contribution is -2.17. The molecule has 0 saturated carbocycles. The maximum Gasteiger partial charge on any atom is 0.243 e. The molecule has 16 heavy (non-hydrogen) atoms. The van der Waals surface area contributed by atoms with Crippen molar-refractivity contribution >= 4 is 27.3 Å². The Labute approximate surface area is 106 Å². The number of hydrogen-bond acceptors (Lipinski definition) is 5. The van der Waals surface area contributed by atoms with Gasteiger partial charge in [0.1, 0.15) is 0 Å². The van der Waals surface area contributed by atoms with Gasteiger partial charge in [-0.25, -0.2) is 0 Å². The first-order valence-electron chi connectivity index (χ1n) is 5.03. The van der Waals surface area contributed by atoms with Gasteiger partial charge >= 0.3 is 0 Å². The molecule has 0 amide bonds. The largest absolute Gasteiger partial charge is 0.337 e. The third kappa shape index (κ3) is 2.50. The average Bonchev–Trinajstić information content (AvgIpc) is 2.85. The van der Waals surface area contributed by atoms with Crippen LogP contribution in [0.25, 0.3) is 10.7 Å². The Kier molecular flexibility index (Phi) is 3.73. The molecule has 0 aliphatic heterocycles. The van der Waals surface area contributed by atoms with Gasteiger partial charge in [0.2, 0.25) is 11.7 Å². The monoisotopic (exact) mass is 301 g/mol. The quantitative estimate of drug-likeness (QED) is 0.942. The summed E-state index contributed by atoms with van der Waals surface area (Å²) >= 11 is 5.00. The maximum absolute atomic E-state index is 5.21. The minimum absolute atomic E-state index is 0.0923. The second-order valence-corrected chi connectivity index (χ2v) is 5.80. The Morgan fingerprint density at radius 1 is 1.56 bits per heavy atom. The van der Waals surface area contributed by atoms with Crippen LogP contribution in [0.3, 0.4) is 0 Å². The molecular formula is C10H12BrN3OS. The van der Waals surface area contributed by atoms with Crippen LogP contribution in [0, 0.1) is 0 Å². The van der Waals surface area contributed by atoms with Gasteiger partial charge in [0.15, 0.2) is 0 Å². The lowest BCUT2D eigenvalue weighted by atomic mass is 10.3. The number of nitrogens with one attached hydrogen (secondary N) is 1. The lowest BCUT2D eigenvalue weighted by molar-refractivity contribution is 0.342. The summed E-state index contributed by atoms with van der Waals surface area (Å²) in [5.74, 6) is 1.27. The highest BCUT2D eigenvalue weighted by molar-refractivity contribution is 9.11. The molecular weight excluding hydrogens is 290 g/mol. The Morgan fingerprint density at radius 3 is 3.00 bits per heavy atom. The van der Waals surface area contributed by atoms with Crippen molar-refractivity contribution in [2.45, 2.75) is 19.9 Å². The first-order valence-corrected chi connectivity index (χ1v) is 6.64. The first kappa shape index (κ1) is 11.8. The number of aromatic nitrogens is 2. The van der Waals surface area contributed by atoms with Crippen LogP contribution in [0.4, 0.5) is 0 Å². The van der Waals surface area contributed by atoms with Crippen molar-refractivity contribution in [1.82, 2.24) is 15.5 Å². The second kappa shape index (κ2) is 5.07. The molecule has 0 fully saturated rings. The van der Waals surface area contributed by atoms with E-state index in [9.17, 15) is 0 Å². The number of rotatable bonds is 4. The van der Waals surface area contributed by atoms with E-state index in [1.54, 1.807) is 11.3 Å². The van der Waals surface area contributed by atoms with E-state index in [4.69, 9.17) is 4.52 Å². The van der Waals surface area contributed by atoms with E-state index in [0.717, 1.165) is 15.2 Å². The van der Waals surface area contributed by atoms with Crippen LogP contribution in [-0.2, 0) is 0 Å². The fraction of sp³-hybridized carbons (Fsp3) is 0.400. The molecule has 0 radical (unpaired) electrons. The molecule has 6 heteroatoms. The van der Waals surface area contributed by atoms with E-state index in [-0.39, 0.29) is 6.04 Å². The molecule has 0 aliphatic rings. The molecule has 0 spiro atoms. The highest BCUT2D eigenvalue weighted by atomic mass is 79.9. The maximum atomic E-state index is 5.21. The van der Waals surface area contributed by atoms with Gasteiger partial charge in [-0.15, -0.1) is 11.3 Å². The highest BCUT2D eigenvalue weighted by Gasteiger charge is 2.14. The van der Waals surface area contributed by atoms with Crippen LogP contribution in [-0.4, -0.2) is 16.7 Å². The zero-order chi connectivity index (χ0) is 11.5. The molecule has 0 saturated heterocycles. The zero-order valence-corrected chi connectivity index (χ0v) is 11.4. The van der Waals surface area contributed by atoms with Crippen LogP contribution in [0.15, 0.2) is 20.4 Å². The summed E-state index contributed by atoms with van der Waals surface area (Å²) in [4.78, 5) is 5.37. The van der Waals surface area contributed by atoms with Crippen molar-refractivity contribution in [2.24, 2.45) is 0 Å².